The van der Waals surface area contributed by atoms with Gasteiger partial charge in [-0.15, -0.1) is 11.6 Å². The van der Waals surface area contributed by atoms with E-state index in [-0.39, 0.29) is 24.7 Å². The summed E-state index contributed by atoms with van der Waals surface area (Å²) in [6.07, 6.45) is -4.31. The number of hydrogen-bond donors (Lipinski definition) is 0. The van der Waals surface area contributed by atoms with Gasteiger partial charge in [-0.2, -0.15) is 13.2 Å². The second-order valence-corrected chi connectivity index (χ2v) is 4.36. The Bertz CT molecular complexity index is 411. The van der Waals surface area contributed by atoms with E-state index in [9.17, 15) is 17.6 Å². The first-order valence-electron chi connectivity index (χ1n) is 5.53. The van der Waals surface area contributed by atoms with Gasteiger partial charge in [-0.25, -0.2) is 4.39 Å². The number of halogens is 5. The summed E-state index contributed by atoms with van der Waals surface area (Å²) in [5.74, 6) is -0.462. The Balaban J connectivity index is 2.76. The molecule has 1 rings (SSSR count). The number of ether oxygens (including phenoxy) is 1. The molecule has 1 aromatic carbocycles. The highest BCUT2D eigenvalue weighted by molar-refractivity contribution is 6.18. The van der Waals surface area contributed by atoms with Crippen molar-refractivity contribution in [2.45, 2.75) is 12.7 Å². The van der Waals surface area contributed by atoms with Crippen LogP contribution in [0.4, 0.5) is 17.6 Å². The Morgan fingerprint density at radius 1 is 1.32 bits per heavy atom. The Hall–Kier alpha value is -1.01. The van der Waals surface area contributed by atoms with E-state index in [4.69, 9.17) is 16.3 Å². The van der Waals surface area contributed by atoms with Gasteiger partial charge in [0, 0.05) is 19.0 Å². The molecule has 7 heteroatoms. The molecule has 2 nitrogen and oxygen atoms in total. The Morgan fingerprint density at radius 2 is 2.00 bits per heavy atom. The molecule has 0 spiro atoms. The monoisotopic (exact) mass is 299 g/mol. The summed E-state index contributed by atoms with van der Waals surface area (Å²) in [4.78, 5) is 1.12. The second kappa shape index (κ2) is 6.96. The fraction of sp³-hybridized carbons (Fsp3) is 0.500. The standard InChI is InChI=1S/C12H14ClF4NO/c1-19-11-3-2-9(6-10(11)14)7-18(5-4-13)8-12(15,16)17/h2-3,6H,4-5,7-8H2,1H3. The highest BCUT2D eigenvalue weighted by Crippen LogP contribution is 2.21. The van der Waals surface area contributed by atoms with Crippen LogP contribution < -0.4 is 4.74 Å². The fourth-order valence-electron chi connectivity index (χ4n) is 1.65. The zero-order valence-electron chi connectivity index (χ0n) is 10.3. The zero-order chi connectivity index (χ0) is 14.5. The highest BCUT2D eigenvalue weighted by Gasteiger charge is 2.30. The second-order valence-electron chi connectivity index (χ2n) is 3.98. The van der Waals surface area contributed by atoms with E-state index in [0.29, 0.717) is 5.56 Å². The lowest BCUT2D eigenvalue weighted by molar-refractivity contribution is -0.146. The molecule has 0 heterocycles. The van der Waals surface area contributed by atoms with Crippen molar-refractivity contribution in [1.82, 2.24) is 4.90 Å². The van der Waals surface area contributed by atoms with Crippen molar-refractivity contribution in [3.8, 4) is 5.75 Å². The average molecular weight is 300 g/mol. The molecule has 0 bridgehead atoms. The molecule has 0 aliphatic rings. The summed E-state index contributed by atoms with van der Waals surface area (Å²) < 4.78 is 55.2. The number of hydrogen-bond acceptors (Lipinski definition) is 2. The molecule has 0 atom stereocenters. The molecule has 0 aliphatic carbocycles. The summed E-state index contributed by atoms with van der Waals surface area (Å²) in [5, 5.41) is 0. The van der Waals surface area contributed by atoms with Crippen LogP contribution in [-0.4, -0.2) is 37.2 Å². The van der Waals surface area contributed by atoms with Crippen LogP contribution in [0.2, 0.25) is 0 Å². The lowest BCUT2D eigenvalue weighted by Crippen LogP contribution is -2.35. The molecule has 0 radical (unpaired) electrons. The molecule has 0 fully saturated rings. The molecule has 0 N–H and O–H groups in total. The van der Waals surface area contributed by atoms with Crippen molar-refractivity contribution in [3.05, 3.63) is 29.6 Å². The maximum atomic E-state index is 13.4. The molecular weight excluding hydrogens is 286 g/mol. The minimum atomic E-state index is -4.31. The van der Waals surface area contributed by atoms with Crippen LogP contribution in [-0.2, 0) is 6.54 Å². The average Bonchev–Trinajstić information content (AvgIpc) is 2.27. The molecule has 0 saturated carbocycles. The number of benzene rings is 1. The van der Waals surface area contributed by atoms with E-state index in [0.717, 1.165) is 11.0 Å². The normalized spacial score (nSPS) is 11.9. The van der Waals surface area contributed by atoms with Crippen LogP contribution in [0, 0.1) is 5.82 Å². The first-order chi connectivity index (χ1) is 8.85. The van der Waals surface area contributed by atoms with Crippen molar-refractivity contribution in [2.75, 3.05) is 26.1 Å². The zero-order valence-corrected chi connectivity index (χ0v) is 11.1. The minimum absolute atomic E-state index is 0.0207. The molecule has 0 amide bonds. The third-order valence-electron chi connectivity index (χ3n) is 2.43. The summed E-state index contributed by atoms with van der Waals surface area (Å²) in [6, 6.07) is 4.08. The van der Waals surface area contributed by atoms with E-state index in [1.54, 1.807) is 0 Å². The number of nitrogens with zero attached hydrogens (tertiary/aromatic N) is 1. The topological polar surface area (TPSA) is 12.5 Å². The van der Waals surface area contributed by atoms with Crippen molar-refractivity contribution in [2.24, 2.45) is 0 Å². The highest BCUT2D eigenvalue weighted by atomic mass is 35.5. The van der Waals surface area contributed by atoms with Crippen LogP contribution in [0.25, 0.3) is 0 Å². The van der Waals surface area contributed by atoms with Crippen molar-refractivity contribution >= 4 is 11.6 Å². The smallest absolute Gasteiger partial charge is 0.401 e. The van der Waals surface area contributed by atoms with Gasteiger partial charge in [-0.05, 0) is 17.7 Å². The number of methoxy groups -OCH3 is 1. The molecule has 1 aromatic rings. The maximum Gasteiger partial charge on any atom is 0.401 e. The third kappa shape index (κ3) is 5.65. The van der Waals surface area contributed by atoms with Gasteiger partial charge >= 0.3 is 6.18 Å². The van der Waals surface area contributed by atoms with Gasteiger partial charge in [-0.1, -0.05) is 6.07 Å². The van der Waals surface area contributed by atoms with Crippen molar-refractivity contribution < 1.29 is 22.3 Å². The minimum Gasteiger partial charge on any atom is -0.494 e. The van der Waals surface area contributed by atoms with Gasteiger partial charge in [0.1, 0.15) is 0 Å². The van der Waals surface area contributed by atoms with Crippen molar-refractivity contribution in [1.29, 1.82) is 0 Å². The maximum absolute atomic E-state index is 13.4. The summed E-state index contributed by atoms with van der Waals surface area (Å²) in [7, 11) is 1.32. The van der Waals surface area contributed by atoms with Gasteiger partial charge in [0.05, 0.1) is 13.7 Å². The summed E-state index contributed by atoms with van der Waals surface area (Å²) in [5.41, 5.74) is 0.438. The molecular formula is C12H14ClF4NO. The lowest BCUT2D eigenvalue weighted by atomic mass is 10.2. The Morgan fingerprint density at radius 3 is 2.47 bits per heavy atom. The SMILES string of the molecule is COc1ccc(CN(CCCl)CC(F)(F)F)cc1F. The Labute approximate surface area is 113 Å². The van der Waals surface area contributed by atoms with Crippen LogP contribution in [0.5, 0.6) is 5.75 Å². The van der Waals surface area contributed by atoms with Crippen LogP contribution in [0.1, 0.15) is 5.56 Å². The van der Waals surface area contributed by atoms with Gasteiger partial charge in [0.15, 0.2) is 11.6 Å². The van der Waals surface area contributed by atoms with Crippen LogP contribution in [0.15, 0.2) is 18.2 Å². The molecule has 0 unspecified atom stereocenters. The first kappa shape index (κ1) is 16.0. The lowest BCUT2D eigenvalue weighted by Gasteiger charge is -2.22. The molecule has 19 heavy (non-hydrogen) atoms. The van der Waals surface area contributed by atoms with Crippen LogP contribution >= 0.6 is 11.6 Å². The van der Waals surface area contributed by atoms with Crippen molar-refractivity contribution in [3.63, 3.8) is 0 Å². The predicted molar refractivity (Wildman–Crippen MR) is 65.0 cm³/mol. The Kier molecular flexibility index (Phi) is 5.87. The van der Waals surface area contributed by atoms with Gasteiger partial charge in [-0.3, -0.25) is 4.90 Å². The van der Waals surface area contributed by atoms with Gasteiger partial charge < -0.3 is 4.74 Å². The van der Waals surface area contributed by atoms with E-state index < -0.39 is 18.5 Å². The fourth-order valence-corrected chi connectivity index (χ4v) is 1.89. The molecule has 0 aromatic heterocycles. The van der Waals surface area contributed by atoms with Crippen LogP contribution in [0.3, 0.4) is 0 Å². The quantitative estimate of drug-likeness (QED) is 0.589. The molecule has 108 valence electrons. The van der Waals surface area contributed by atoms with E-state index in [1.807, 2.05) is 0 Å². The van der Waals surface area contributed by atoms with E-state index in [2.05, 4.69) is 0 Å². The summed E-state index contributed by atoms with van der Waals surface area (Å²) in [6.45, 7) is -1.02. The van der Waals surface area contributed by atoms with E-state index >= 15 is 0 Å². The predicted octanol–water partition coefficient (Wildman–Crippen LogP) is 3.44. The first-order valence-corrected chi connectivity index (χ1v) is 6.06. The molecule has 0 aliphatic heterocycles. The third-order valence-corrected chi connectivity index (χ3v) is 2.60. The van der Waals surface area contributed by atoms with Gasteiger partial charge in [0.25, 0.3) is 0 Å². The van der Waals surface area contributed by atoms with Gasteiger partial charge in [0.2, 0.25) is 0 Å². The number of alkyl halides is 4. The summed E-state index contributed by atoms with van der Waals surface area (Å²) >= 11 is 5.47. The largest absolute Gasteiger partial charge is 0.494 e. The number of rotatable bonds is 6. The van der Waals surface area contributed by atoms with E-state index in [1.165, 1.54) is 19.2 Å². The molecule has 0 saturated heterocycles.